The topological polar surface area (TPSA) is 123 Å². The summed E-state index contributed by atoms with van der Waals surface area (Å²) in [6, 6.07) is 4.34. The molecular weight excluding hydrogens is 396 g/mol. The van der Waals surface area contributed by atoms with Gasteiger partial charge in [-0.05, 0) is 43.5 Å². The predicted octanol–water partition coefficient (Wildman–Crippen LogP) is 2.25. The van der Waals surface area contributed by atoms with Crippen molar-refractivity contribution >= 4 is 22.3 Å². The molecule has 0 unspecified atom stereocenters. The van der Waals surface area contributed by atoms with Gasteiger partial charge in [-0.15, -0.1) is 0 Å². The van der Waals surface area contributed by atoms with Crippen LogP contribution in [0, 0.1) is 0 Å². The maximum atomic E-state index is 12.6. The fraction of sp³-hybridized carbons (Fsp3) is 0.286. The molecule has 0 spiro atoms. The fourth-order valence-electron chi connectivity index (χ4n) is 3.82. The minimum Gasteiger partial charge on any atom is -0.467 e. The van der Waals surface area contributed by atoms with Crippen LogP contribution in [0.25, 0.3) is 22.0 Å². The zero-order chi connectivity index (χ0) is 21.2. The molecule has 4 aromatic heterocycles. The number of hydrogen-bond acceptors (Lipinski definition) is 8. The van der Waals surface area contributed by atoms with Crippen LogP contribution >= 0.6 is 0 Å². The maximum absolute atomic E-state index is 12.6. The zero-order valence-electron chi connectivity index (χ0n) is 17.0. The molecule has 5 heterocycles. The van der Waals surface area contributed by atoms with Crippen LogP contribution in [0.1, 0.15) is 18.9 Å². The van der Waals surface area contributed by atoms with Gasteiger partial charge in [0.05, 0.1) is 36.1 Å². The Morgan fingerprint density at radius 1 is 1.19 bits per heavy atom. The van der Waals surface area contributed by atoms with Crippen molar-refractivity contribution in [1.82, 2.24) is 35.0 Å². The lowest BCUT2D eigenvalue weighted by atomic mass is 10.1. The molecule has 10 heteroatoms. The van der Waals surface area contributed by atoms with Crippen LogP contribution in [-0.2, 0) is 0 Å². The molecule has 5 rings (SSSR count). The lowest BCUT2D eigenvalue weighted by Crippen LogP contribution is -2.29. The van der Waals surface area contributed by atoms with Gasteiger partial charge in [-0.1, -0.05) is 0 Å². The molecule has 0 aliphatic carbocycles. The summed E-state index contributed by atoms with van der Waals surface area (Å²) < 4.78 is 7.02. The van der Waals surface area contributed by atoms with E-state index in [9.17, 15) is 4.79 Å². The van der Waals surface area contributed by atoms with Gasteiger partial charge in [0.2, 0.25) is 0 Å². The van der Waals surface area contributed by atoms with E-state index in [1.54, 1.807) is 24.8 Å². The number of pyridine rings is 2. The summed E-state index contributed by atoms with van der Waals surface area (Å²) in [5.74, 6) is 0.454. The first kappa shape index (κ1) is 19.2. The second-order valence-corrected chi connectivity index (χ2v) is 7.40. The zero-order valence-corrected chi connectivity index (χ0v) is 17.0. The van der Waals surface area contributed by atoms with Crippen molar-refractivity contribution in [2.45, 2.75) is 18.9 Å². The first-order chi connectivity index (χ1) is 15.2. The van der Waals surface area contributed by atoms with E-state index >= 15 is 0 Å². The average molecular weight is 418 g/mol. The van der Waals surface area contributed by atoms with Crippen LogP contribution in [0.3, 0.4) is 0 Å². The Bertz CT molecular complexity index is 1260. The van der Waals surface area contributed by atoms with E-state index in [0.29, 0.717) is 22.9 Å². The van der Waals surface area contributed by atoms with E-state index in [2.05, 4.69) is 30.7 Å². The third kappa shape index (κ3) is 3.84. The molecule has 31 heavy (non-hydrogen) atoms. The number of ether oxygens (including phenoxy) is 1. The van der Waals surface area contributed by atoms with Crippen molar-refractivity contribution in [3.05, 3.63) is 53.5 Å². The highest BCUT2D eigenvalue weighted by atomic mass is 16.5. The number of nitrogens with zero attached hydrogens (tertiary/aromatic N) is 5. The summed E-state index contributed by atoms with van der Waals surface area (Å²) in [7, 11) is 1.52. The Hall–Kier alpha value is -3.79. The van der Waals surface area contributed by atoms with Gasteiger partial charge in [0.15, 0.2) is 0 Å². The fourth-order valence-corrected chi connectivity index (χ4v) is 3.82. The largest absolute Gasteiger partial charge is 0.467 e. The van der Waals surface area contributed by atoms with Gasteiger partial charge in [0, 0.05) is 30.4 Å². The highest BCUT2D eigenvalue weighted by molar-refractivity contribution is 5.95. The Morgan fingerprint density at radius 2 is 2.00 bits per heavy atom. The van der Waals surface area contributed by atoms with Gasteiger partial charge < -0.3 is 20.4 Å². The summed E-state index contributed by atoms with van der Waals surface area (Å²) in [5.41, 5.74) is 1.93. The second-order valence-electron chi connectivity index (χ2n) is 7.40. The molecule has 1 aliphatic heterocycles. The van der Waals surface area contributed by atoms with Crippen molar-refractivity contribution in [1.29, 1.82) is 0 Å². The highest BCUT2D eigenvalue weighted by Crippen LogP contribution is 2.28. The van der Waals surface area contributed by atoms with Gasteiger partial charge in [-0.25, -0.2) is 15.0 Å². The summed E-state index contributed by atoms with van der Waals surface area (Å²) in [5, 5.41) is 12.4. The number of fused-ring (bicyclic) bond motifs is 1. The normalized spacial score (nSPS) is 14.6. The number of rotatable bonds is 5. The molecular formula is C21H22N8O2. The van der Waals surface area contributed by atoms with Crippen molar-refractivity contribution in [2.24, 2.45) is 0 Å². The van der Waals surface area contributed by atoms with Crippen molar-refractivity contribution in [2.75, 3.05) is 25.5 Å². The van der Waals surface area contributed by atoms with E-state index in [4.69, 9.17) is 9.72 Å². The molecule has 1 fully saturated rings. The number of anilines is 2. The molecule has 4 aromatic rings. The van der Waals surface area contributed by atoms with Gasteiger partial charge in [-0.3, -0.25) is 9.48 Å². The van der Waals surface area contributed by atoms with E-state index in [-0.39, 0.29) is 11.6 Å². The molecule has 0 aromatic carbocycles. The SMILES string of the molecule is COc1ncc(-c2cc3cc[nH]c(=O)c3c(Nc3cnn(C4CCNCC4)c3)n2)cn1. The molecule has 1 aliphatic rings. The minimum atomic E-state index is -0.212. The molecule has 0 bridgehead atoms. The molecule has 158 valence electrons. The number of hydrogen-bond donors (Lipinski definition) is 3. The molecule has 0 atom stereocenters. The van der Waals surface area contributed by atoms with Crippen molar-refractivity contribution in [3.8, 4) is 17.3 Å². The summed E-state index contributed by atoms with van der Waals surface area (Å²) in [6.45, 7) is 1.97. The lowest BCUT2D eigenvalue weighted by Gasteiger charge is -2.22. The smallest absolute Gasteiger partial charge is 0.316 e. The summed E-state index contributed by atoms with van der Waals surface area (Å²) in [6.07, 6.45) is 10.7. The Labute approximate surface area is 177 Å². The first-order valence-electron chi connectivity index (χ1n) is 10.1. The second kappa shape index (κ2) is 8.15. The summed E-state index contributed by atoms with van der Waals surface area (Å²) in [4.78, 5) is 28.3. The first-order valence-corrected chi connectivity index (χ1v) is 10.1. The third-order valence-corrected chi connectivity index (χ3v) is 5.41. The van der Waals surface area contributed by atoms with Crippen molar-refractivity contribution < 1.29 is 4.74 Å². The monoisotopic (exact) mass is 418 g/mol. The number of methoxy groups -OCH3 is 1. The van der Waals surface area contributed by atoms with Crippen molar-refractivity contribution in [3.63, 3.8) is 0 Å². The summed E-state index contributed by atoms with van der Waals surface area (Å²) >= 11 is 0. The van der Waals surface area contributed by atoms with Gasteiger partial charge in [0.1, 0.15) is 5.82 Å². The Balaban J connectivity index is 1.53. The molecule has 0 radical (unpaired) electrons. The number of aromatic nitrogens is 6. The van der Waals surface area contributed by atoms with Crippen LogP contribution in [0.15, 0.2) is 47.9 Å². The van der Waals surface area contributed by atoms with Gasteiger partial charge in [0.25, 0.3) is 5.56 Å². The molecule has 0 saturated carbocycles. The Morgan fingerprint density at radius 3 is 2.77 bits per heavy atom. The number of H-pyrrole nitrogens is 1. The van der Waals surface area contributed by atoms with E-state index in [0.717, 1.165) is 42.6 Å². The quantitative estimate of drug-likeness (QED) is 0.451. The van der Waals surface area contributed by atoms with Gasteiger partial charge >= 0.3 is 6.01 Å². The lowest BCUT2D eigenvalue weighted by molar-refractivity contribution is 0.343. The standard InChI is InChI=1S/C21H22N8O2/c1-31-21-24-9-14(10-25-21)17-8-13-2-7-23-20(30)18(13)19(28-17)27-15-11-26-29(12-15)16-3-5-22-6-4-16/h2,7-12,16,22H,3-6H2,1H3,(H,23,30)(H,27,28). The number of aromatic amines is 1. The van der Waals surface area contributed by atoms with Crippen LogP contribution in [0.2, 0.25) is 0 Å². The average Bonchev–Trinajstić information content (AvgIpc) is 3.28. The van der Waals surface area contributed by atoms with E-state index < -0.39 is 0 Å². The van der Waals surface area contributed by atoms with Gasteiger partial charge in [-0.2, -0.15) is 5.10 Å². The van der Waals surface area contributed by atoms with Crippen LogP contribution in [-0.4, -0.2) is 49.9 Å². The number of nitrogens with one attached hydrogen (secondary N) is 3. The van der Waals surface area contributed by atoms with E-state index in [1.165, 1.54) is 7.11 Å². The molecule has 10 nitrogen and oxygen atoms in total. The van der Waals surface area contributed by atoms with Crippen LogP contribution < -0.4 is 20.9 Å². The molecule has 1 saturated heterocycles. The molecule has 3 N–H and O–H groups in total. The van der Waals surface area contributed by atoms with Crippen LogP contribution in [0.5, 0.6) is 6.01 Å². The number of piperidine rings is 1. The maximum Gasteiger partial charge on any atom is 0.316 e. The Kier molecular flexibility index (Phi) is 5.04. The predicted molar refractivity (Wildman–Crippen MR) is 117 cm³/mol. The van der Waals surface area contributed by atoms with E-state index in [1.807, 2.05) is 23.0 Å². The minimum absolute atomic E-state index is 0.212. The highest BCUT2D eigenvalue weighted by Gasteiger charge is 2.17. The van der Waals surface area contributed by atoms with Crippen LogP contribution in [0.4, 0.5) is 11.5 Å². The molecule has 0 amide bonds. The third-order valence-electron chi connectivity index (χ3n) is 5.41.